The molecule has 0 aromatic heterocycles. The molecule has 1 amide bonds. The van der Waals surface area contributed by atoms with E-state index in [0.29, 0.717) is 13.0 Å². The molecule has 0 aliphatic carbocycles. The molecule has 0 bridgehead atoms. The number of hydrogen-bond acceptors (Lipinski definition) is 4. The molecule has 5 nitrogen and oxygen atoms in total. The third kappa shape index (κ3) is 3.38. The zero-order chi connectivity index (χ0) is 14.4. The number of benzene rings is 1. The maximum absolute atomic E-state index is 12.1. The van der Waals surface area contributed by atoms with Crippen LogP contribution >= 0.6 is 0 Å². The van der Waals surface area contributed by atoms with E-state index in [-0.39, 0.29) is 18.5 Å². The smallest absolute Gasteiger partial charge is 0.410 e. The molecule has 1 aromatic rings. The third-order valence-electron chi connectivity index (χ3n) is 3.21. The lowest BCUT2D eigenvalue weighted by molar-refractivity contribution is 0.0971. The van der Waals surface area contributed by atoms with Gasteiger partial charge in [0, 0.05) is 6.54 Å². The minimum absolute atomic E-state index is 0.0363. The van der Waals surface area contributed by atoms with E-state index in [4.69, 9.17) is 14.9 Å². The highest BCUT2D eigenvalue weighted by Crippen LogP contribution is 2.20. The number of amides is 1. The highest BCUT2D eigenvalue weighted by molar-refractivity contribution is 5.84. The summed E-state index contributed by atoms with van der Waals surface area (Å²) in [5, 5.41) is 7.76. The Morgan fingerprint density at radius 3 is 2.90 bits per heavy atom. The first-order valence-electron chi connectivity index (χ1n) is 6.55. The summed E-state index contributed by atoms with van der Waals surface area (Å²) >= 11 is 0. The van der Waals surface area contributed by atoms with Gasteiger partial charge in [0.05, 0.1) is 6.26 Å². The summed E-state index contributed by atoms with van der Waals surface area (Å²) in [5.74, 6) is 0.0363. The molecule has 2 rings (SSSR count). The summed E-state index contributed by atoms with van der Waals surface area (Å²) in [4.78, 5) is 13.6. The lowest BCUT2D eigenvalue weighted by Crippen LogP contribution is -2.40. The van der Waals surface area contributed by atoms with Gasteiger partial charge in [0.15, 0.2) is 0 Å². The Hall–Kier alpha value is -2.30. The van der Waals surface area contributed by atoms with Gasteiger partial charge in [0.2, 0.25) is 5.90 Å². The largest absolute Gasteiger partial charge is 0.450 e. The van der Waals surface area contributed by atoms with Gasteiger partial charge in [0.25, 0.3) is 0 Å². The van der Waals surface area contributed by atoms with Crippen LogP contribution in [0.3, 0.4) is 0 Å². The Balaban J connectivity index is 1.91. The van der Waals surface area contributed by atoms with Crippen molar-refractivity contribution in [3.05, 3.63) is 48.7 Å². The average Bonchev–Trinajstić information content (AvgIpc) is 2.96. The van der Waals surface area contributed by atoms with Gasteiger partial charge >= 0.3 is 6.09 Å². The van der Waals surface area contributed by atoms with Crippen molar-refractivity contribution < 1.29 is 14.3 Å². The van der Waals surface area contributed by atoms with Crippen molar-refractivity contribution in [2.24, 2.45) is 0 Å². The van der Waals surface area contributed by atoms with E-state index < -0.39 is 6.09 Å². The number of hydrogen-bond donors (Lipinski definition) is 1. The van der Waals surface area contributed by atoms with E-state index in [0.717, 1.165) is 12.0 Å². The minimum Gasteiger partial charge on any atom is -0.450 e. The van der Waals surface area contributed by atoms with Crippen molar-refractivity contribution in [1.82, 2.24) is 4.90 Å². The molecule has 1 atom stereocenters. The monoisotopic (exact) mass is 274 g/mol. The van der Waals surface area contributed by atoms with Gasteiger partial charge in [-0.15, -0.1) is 0 Å². The molecule has 1 fully saturated rings. The predicted molar refractivity (Wildman–Crippen MR) is 75.4 cm³/mol. The maximum atomic E-state index is 12.1. The van der Waals surface area contributed by atoms with Crippen LogP contribution in [0.2, 0.25) is 0 Å². The summed E-state index contributed by atoms with van der Waals surface area (Å²) in [7, 11) is 0. The number of ether oxygens (including phenoxy) is 2. The molecule has 0 saturated carbocycles. The quantitative estimate of drug-likeness (QED) is 0.521. The van der Waals surface area contributed by atoms with Crippen molar-refractivity contribution in [3.8, 4) is 0 Å². The number of carbonyl (C=O) groups is 1. The van der Waals surface area contributed by atoms with Crippen LogP contribution in [0.1, 0.15) is 18.4 Å². The minimum atomic E-state index is -0.409. The van der Waals surface area contributed by atoms with Gasteiger partial charge in [-0.05, 0) is 18.4 Å². The Morgan fingerprint density at radius 1 is 1.45 bits per heavy atom. The molecule has 1 N–H and O–H groups in total. The molecule has 1 aliphatic rings. The SMILES string of the molecule is C=COC(=N)[C@@H]1CCCN1C(=O)OCc1ccccc1. The first-order chi connectivity index (χ1) is 9.72. The van der Waals surface area contributed by atoms with Gasteiger partial charge in [-0.25, -0.2) is 4.79 Å². The molecular formula is C15H18N2O3. The van der Waals surface area contributed by atoms with Crippen LogP contribution in [0.5, 0.6) is 0 Å². The fraction of sp³-hybridized carbons (Fsp3) is 0.333. The highest BCUT2D eigenvalue weighted by atomic mass is 16.6. The first kappa shape index (κ1) is 14.1. The van der Waals surface area contributed by atoms with E-state index in [9.17, 15) is 4.79 Å². The zero-order valence-electron chi connectivity index (χ0n) is 11.2. The Kier molecular flexibility index (Phi) is 4.76. The molecule has 1 saturated heterocycles. The van der Waals surface area contributed by atoms with Crippen LogP contribution in [-0.4, -0.2) is 29.5 Å². The Morgan fingerprint density at radius 2 is 2.20 bits per heavy atom. The van der Waals surface area contributed by atoms with E-state index in [2.05, 4.69) is 6.58 Å². The van der Waals surface area contributed by atoms with E-state index in [1.165, 1.54) is 11.2 Å². The van der Waals surface area contributed by atoms with Crippen molar-refractivity contribution in [1.29, 1.82) is 5.41 Å². The molecule has 106 valence electrons. The molecule has 0 radical (unpaired) electrons. The summed E-state index contributed by atoms with van der Waals surface area (Å²) in [5.41, 5.74) is 0.939. The topological polar surface area (TPSA) is 62.6 Å². The van der Waals surface area contributed by atoms with Crippen molar-refractivity contribution in [2.45, 2.75) is 25.5 Å². The summed E-state index contributed by atoms with van der Waals surface area (Å²) in [6.45, 7) is 4.24. The molecule has 1 heterocycles. The van der Waals surface area contributed by atoms with Crippen molar-refractivity contribution in [2.75, 3.05) is 6.54 Å². The van der Waals surface area contributed by atoms with Crippen LogP contribution in [0.4, 0.5) is 4.79 Å². The summed E-state index contributed by atoms with van der Waals surface area (Å²) in [6, 6.07) is 9.16. The molecular weight excluding hydrogens is 256 g/mol. The standard InChI is InChI=1S/C15H18N2O3/c1-2-19-14(16)13-9-6-10-17(13)15(18)20-11-12-7-4-3-5-8-12/h2-5,7-8,13,16H,1,6,9-11H2/t13-/m0/s1. The van der Waals surface area contributed by atoms with Gasteiger partial charge in [0.1, 0.15) is 12.6 Å². The molecule has 20 heavy (non-hydrogen) atoms. The average molecular weight is 274 g/mol. The van der Waals surface area contributed by atoms with Gasteiger partial charge in [-0.2, -0.15) is 0 Å². The molecule has 1 aromatic carbocycles. The van der Waals surface area contributed by atoms with E-state index in [1.54, 1.807) is 0 Å². The lowest BCUT2D eigenvalue weighted by Gasteiger charge is -2.23. The molecule has 1 aliphatic heterocycles. The zero-order valence-corrected chi connectivity index (χ0v) is 11.2. The predicted octanol–water partition coefficient (Wildman–Crippen LogP) is 2.92. The summed E-state index contributed by atoms with van der Waals surface area (Å²) < 4.78 is 10.2. The van der Waals surface area contributed by atoms with Gasteiger partial charge in [-0.1, -0.05) is 36.9 Å². The van der Waals surface area contributed by atoms with E-state index >= 15 is 0 Å². The fourth-order valence-corrected chi connectivity index (χ4v) is 2.23. The lowest BCUT2D eigenvalue weighted by atomic mass is 10.2. The van der Waals surface area contributed by atoms with Crippen LogP contribution in [0, 0.1) is 5.41 Å². The third-order valence-corrected chi connectivity index (χ3v) is 3.21. The number of nitrogens with zero attached hydrogens (tertiary/aromatic N) is 1. The van der Waals surface area contributed by atoms with Gasteiger partial charge in [-0.3, -0.25) is 10.3 Å². The Bertz CT molecular complexity index is 487. The number of rotatable bonds is 4. The molecule has 0 spiro atoms. The number of likely N-dealkylation sites (tertiary alicyclic amines) is 1. The fourth-order valence-electron chi connectivity index (χ4n) is 2.23. The Labute approximate surface area is 118 Å². The van der Waals surface area contributed by atoms with E-state index in [1.807, 2.05) is 30.3 Å². The van der Waals surface area contributed by atoms with Crippen LogP contribution in [0.25, 0.3) is 0 Å². The maximum Gasteiger partial charge on any atom is 0.410 e. The van der Waals surface area contributed by atoms with Crippen molar-refractivity contribution >= 4 is 12.0 Å². The second kappa shape index (κ2) is 6.75. The second-order valence-electron chi connectivity index (χ2n) is 4.54. The first-order valence-corrected chi connectivity index (χ1v) is 6.55. The normalized spacial score (nSPS) is 17.6. The summed E-state index contributed by atoms with van der Waals surface area (Å²) in [6.07, 6.45) is 2.35. The van der Waals surface area contributed by atoms with Crippen molar-refractivity contribution in [3.63, 3.8) is 0 Å². The van der Waals surface area contributed by atoms with Gasteiger partial charge < -0.3 is 9.47 Å². The van der Waals surface area contributed by atoms with Crippen LogP contribution in [-0.2, 0) is 16.1 Å². The number of nitrogens with one attached hydrogen (secondary N) is 1. The van der Waals surface area contributed by atoms with Crippen LogP contribution < -0.4 is 0 Å². The highest BCUT2D eigenvalue weighted by Gasteiger charge is 2.33. The second-order valence-corrected chi connectivity index (χ2v) is 4.54. The molecule has 0 unspecified atom stereocenters. The number of carbonyl (C=O) groups excluding carboxylic acids is 1. The molecule has 5 heteroatoms. The van der Waals surface area contributed by atoms with Crippen LogP contribution in [0.15, 0.2) is 43.2 Å².